The Morgan fingerprint density at radius 3 is 2.76 bits per heavy atom. The molecule has 3 aromatic rings. The molecule has 0 fully saturated rings. The molecule has 0 saturated heterocycles. The Labute approximate surface area is 196 Å². The standard InChI is InChI=1S/C21H23F2N7O2.H2S/c1-11-19-17(29(3)12(2)21(31)26-19)7-18(25-11)24-8-15-10-30(28-27-15)9-13-5-14(22)6-16(23)20(13)32-4;/h5-7,10,12H,8-9H2,1-4H3,(H,24,25)(H,26,31);1H2/t12-;/m0./s1. The highest BCUT2D eigenvalue weighted by atomic mass is 32.1. The van der Waals surface area contributed by atoms with Gasteiger partial charge in [-0.15, -0.1) is 5.10 Å². The average molecular weight is 478 g/mol. The van der Waals surface area contributed by atoms with E-state index >= 15 is 0 Å². The van der Waals surface area contributed by atoms with Crippen LogP contribution < -0.4 is 20.3 Å². The number of rotatable bonds is 6. The highest BCUT2D eigenvalue weighted by Crippen LogP contribution is 2.35. The van der Waals surface area contributed by atoms with Gasteiger partial charge in [0.05, 0.1) is 43.5 Å². The van der Waals surface area contributed by atoms with Crippen LogP contribution in [0, 0.1) is 18.6 Å². The van der Waals surface area contributed by atoms with E-state index in [1.807, 2.05) is 31.9 Å². The van der Waals surface area contributed by atoms with Crippen molar-refractivity contribution in [2.24, 2.45) is 0 Å². The monoisotopic (exact) mass is 477 g/mol. The molecule has 1 aromatic carbocycles. The van der Waals surface area contributed by atoms with Crippen molar-refractivity contribution in [2.75, 3.05) is 29.7 Å². The van der Waals surface area contributed by atoms with Crippen molar-refractivity contribution < 1.29 is 18.3 Å². The lowest BCUT2D eigenvalue weighted by molar-refractivity contribution is -0.117. The number of hydrogen-bond donors (Lipinski definition) is 2. The zero-order valence-electron chi connectivity index (χ0n) is 18.6. The normalized spacial score (nSPS) is 14.9. The van der Waals surface area contributed by atoms with Gasteiger partial charge in [0.1, 0.15) is 23.4 Å². The van der Waals surface area contributed by atoms with Gasteiger partial charge in [-0.2, -0.15) is 13.5 Å². The molecule has 0 radical (unpaired) electrons. The number of carbonyl (C=O) groups is 1. The number of benzene rings is 1. The molecule has 4 rings (SSSR count). The summed E-state index contributed by atoms with van der Waals surface area (Å²) in [4.78, 5) is 18.5. The zero-order chi connectivity index (χ0) is 23.0. The summed E-state index contributed by atoms with van der Waals surface area (Å²) < 4.78 is 34.0. The third kappa shape index (κ3) is 4.85. The fourth-order valence-corrected chi connectivity index (χ4v) is 3.60. The number of ether oxygens (including phenoxy) is 1. The second-order valence-corrected chi connectivity index (χ2v) is 7.60. The van der Waals surface area contributed by atoms with Crippen molar-refractivity contribution in [1.29, 1.82) is 0 Å². The van der Waals surface area contributed by atoms with Crippen LogP contribution in [0.3, 0.4) is 0 Å². The van der Waals surface area contributed by atoms with Gasteiger partial charge in [0.15, 0.2) is 11.6 Å². The van der Waals surface area contributed by atoms with Gasteiger partial charge in [-0.1, -0.05) is 5.21 Å². The molecule has 1 aliphatic rings. The summed E-state index contributed by atoms with van der Waals surface area (Å²) in [5.41, 5.74) is 3.20. The third-order valence-corrected chi connectivity index (χ3v) is 5.43. The number of likely N-dealkylation sites (N-methyl/N-ethyl adjacent to an activating group) is 1. The lowest BCUT2D eigenvalue weighted by Crippen LogP contribution is -2.44. The smallest absolute Gasteiger partial charge is 0.246 e. The Bertz CT molecular complexity index is 1190. The van der Waals surface area contributed by atoms with E-state index in [0.717, 1.165) is 11.8 Å². The minimum absolute atomic E-state index is 0. The first-order valence-electron chi connectivity index (χ1n) is 9.97. The summed E-state index contributed by atoms with van der Waals surface area (Å²) in [6.07, 6.45) is 1.68. The van der Waals surface area contributed by atoms with E-state index in [0.29, 0.717) is 35.0 Å². The SMILES string of the molecule is COc1c(F)cc(F)cc1Cn1cc(CNc2cc3c(c(C)n2)NC(=O)[C@H](C)N3C)nn1.S. The van der Waals surface area contributed by atoms with E-state index in [4.69, 9.17) is 4.74 Å². The number of nitrogens with one attached hydrogen (secondary N) is 2. The molecule has 9 nitrogen and oxygen atoms in total. The largest absolute Gasteiger partial charge is 0.493 e. The van der Waals surface area contributed by atoms with Crippen LogP contribution >= 0.6 is 13.5 Å². The van der Waals surface area contributed by atoms with Gasteiger partial charge in [0, 0.05) is 24.7 Å². The molecule has 33 heavy (non-hydrogen) atoms. The molecule has 1 aliphatic heterocycles. The van der Waals surface area contributed by atoms with Crippen molar-refractivity contribution >= 4 is 36.6 Å². The van der Waals surface area contributed by atoms with E-state index in [1.54, 1.807) is 6.20 Å². The van der Waals surface area contributed by atoms with E-state index < -0.39 is 11.6 Å². The summed E-state index contributed by atoms with van der Waals surface area (Å²) in [5.74, 6) is -0.934. The number of nitrogens with zero attached hydrogens (tertiary/aromatic N) is 5. The molecule has 2 aromatic heterocycles. The average Bonchev–Trinajstić information content (AvgIpc) is 3.18. The molecule has 0 spiro atoms. The lowest BCUT2D eigenvalue weighted by Gasteiger charge is -2.34. The Kier molecular flexibility index (Phi) is 7.06. The number of aryl methyl sites for hydroxylation is 1. The van der Waals surface area contributed by atoms with Crippen LogP contribution in [0.4, 0.5) is 26.0 Å². The van der Waals surface area contributed by atoms with Crippen molar-refractivity contribution in [2.45, 2.75) is 33.0 Å². The van der Waals surface area contributed by atoms with Gasteiger partial charge >= 0.3 is 0 Å². The summed E-state index contributed by atoms with van der Waals surface area (Å²) in [6, 6.07) is 3.55. The molecular formula is C21H25F2N7O2S. The predicted octanol–water partition coefficient (Wildman–Crippen LogP) is 2.82. The number of methoxy groups -OCH3 is 1. The van der Waals surface area contributed by atoms with Crippen molar-refractivity contribution in [3.63, 3.8) is 0 Å². The predicted molar refractivity (Wildman–Crippen MR) is 125 cm³/mol. The van der Waals surface area contributed by atoms with E-state index in [2.05, 4.69) is 25.9 Å². The highest BCUT2D eigenvalue weighted by Gasteiger charge is 2.28. The first-order chi connectivity index (χ1) is 15.3. The van der Waals surface area contributed by atoms with Crippen molar-refractivity contribution in [3.8, 4) is 5.75 Å². The van der Waals surface area contributed by atoms with Crippen LogP contribution in [0.2, 0.25) is 0 Å². The van der Waals surface area contributed by atoms with Crippen molar-refractivity contribution in [1.82, 2.24) is 20.0 Å². The molecule has 1 amide bonds. The number of fused-ring (bicyclic) bond motifs is 1. The molecule has 0 bridgehead atoms. The van der Waals surface area contributed by atoms with Crippen LogP contribution in [-0.4, -0.2) is 46.1 Å². The zero-order valence-corrected chi connectivity index (χ0v) is 19.6. The Balaban J connectivity index is 0.00000306. The van der Waals surface area contributed by atoms with E-state index in [9.17, 15) is 13.6 Å². The number of hydrogen-bond acceptors (Lipinski definition) is 7. The van der Waals surface area contributed by atoms with Crippen molar-refractivity contribution in [3.05, 3.63) is 53.0 Å². The van der Waals surface area contributed by atoms with Crippen LogP contribution in [0.1, 0.15) is 23.9 Å². The summed E-state index contributed by atoms with van der Waals surface area (Å²) in [6.45, 7) is 4.10. The topological polar surface area (TPSA) is 97.2 Å². The fourth-order valence-electron chi connectivity index (χ4n) is 3.60. The first-order valence-corrected chi connectivity index (χ1v) is 9.97. The number of carbonyl (C=O) groups excluding carboxylic acids is 1. The summed E-state index contributed by atoms with van der Waals surface area (Å²) >= 11 is 0. The molecule has 1 atom stereocenters. The third-order valence-electron chi connectivity index (χ3n) is 5.43. The second kappa shape index (κ2) is 9.61. The Hall–Kier alpha value is -3.41. The number of halogens is 2. The first kappa shape index (κ1) is 24.2. The molecule has 12 heteroatoms. The van der Waals surface area contributed by atoms with Crippen LogP contribution in [0.15, 0.2) is 24.4 Å². The maximum Gasteiger partial charge on any atom is 0.246 e. The second-order valence-electron chi connectivity index (χ2n) is 7.60. The molecular weight excluding hydrogens is 452 g/mol. The van der Waals surface area contributed by atoms with E-state index in [1.165, 1.54) is 17.9 Å². The fraction of sp³-hybridized carbons (Fsp3) is 0.333. The maximum atomic E-state index is 13.9. The Morgan fingerprint density at radius 2 is 2.03 bits per heavy atom. The van der Waals surface area contributed by atoms with Crippen LogP contribution in [-0.2, 0) is 17.9 Å². The van der Waals surface area contributed by atoms with Gasteiger partial charge in [0.25, 0.3) is 0 Å². The molecule has 176 valence electrons. The summed E-state index contributed by atoms with van der Waals surface area (Å²) in [7, 11) is 3.19. The Morgan fingerprint density at radius 1 is 1.27 bits per heavy atom. The van der Waals surface area contributed by atoms with Gasteiger partial charge in [-0.25, -0.2) is 18.4 Å². The quantitative estimate of drug-likeness (QED) is 0.564. The number of amides is 1. The minimum atomic E-state index is -0.770. The van der Waals surface area contributed by atoms with Gasteiger partial charge in [-0.05, 0) is 19.9 Å². The lowest BCUT2D eigenvalue weighted by atomic mass is 10.1. The number of anilines is 3. The minimum Gasteiger partial charge on any atom is -0.493 e. The molecule has 0 saturated carbocycles. The molecule has 0 unspecified atom stereocenters. The van der Waals surface area contributed by atoms with Gasteiger partial charge < -0.3 is 20.3 Å². The summed E-state index contributed by atoms with van der Waals surface area (Å²) in [5, 5.41) is 14.2. The van der Waals surface area contributed by atoms with Crippen LogP contribution in [0.5, 0.6) is 5.75 Å². The van der Waals surface area contributed by atoms with Crippen LogP contribution in [0.25, 0.3) is 0 Å². The van der Waals surface area contributed by atoms with Gasteiger partial charge in [-0.3, -0.25) is 4.79 Å². The maximum absolute atomic E-state index is 13.9. The number of aromatic nitrogens is 4. The molecule has 0 aliphatic carbocycles. The van der Waals surface area contributed by atoms with Gasteiger partial charge in [0.2, 0.25) is 5.91 Å². The van der Waals surface area contributed by atoms with E-state index in [-0.39, 0.29) is 37.7 Å². The highest BCUT2D eigenvalue weighted by molar-refractivity contribution is 7.59. The number of pyridine rings is 1. The molecule has 2 N–H and O–H groups in total. The molecule has 3 heterocycles.